The summed E-state index contributed by atoms with van der Waals surface area (Å²) in [6, 6.07) is 6.99. The number of carbonyl (C=O) groups is 1. The molecule has 0 spiro atoms. The Balaban J connectivity index is 2.12. The Morgan fingerprint density at radius 1 is 0.919 bits per heavy atom. The lowest BCUT2D eigenvalue weighted by molar-refractivity contribution is 0.0982. The smallest absolute Gasteiger partial charge is 0.260 e. The molecule has 1 aromatic heterocycles. The fourth-order valence-electron chi connectivity index (χ4n) is 3.95. The third kappa shape index (κ3) is 6.58. The number of fused-ring (bicyclic) bond motifs is 1. The molecule has 1 heterocycles. The second-order valence-corrected chi connectivity index (χ2v) is 9.39. The summed E-state index contributed by atoms with van der Waals surface area (Å²) in [5.41, 5.74) is 1.06. The molecule has 202 valence electrons. The van der Waals surface area contributed by atoms with Gasteiger partial charge in [0, 0.05) is 18.7 Å². The number of methoxy groups -OCH3 is 1. The highest BCUT2D eigenvalue weighted by Crippen LogP contribution is 2.41. The lowest BCUT2D eigenvalue weighted by Crippen LogP contribution is -2.39. The third-order valence-corrected chi connectivity index (χ3v) is 7.37. The molecule has 0 bridgehead atoms. The average molecular weight is 550 g/mol. The molecular formula is C27H36ClN3O5S. The van der Waals surface area contributed by atoms with Gasteiger partial charge < -0.3 is 23.8 Å². The van der Waals surface area contributed by atoms with Crippen molar-refractivity contribution in [2.24, 2.45) is 0 Å². The maximum Gasteiger partial charge on any atom is 0.260 e. The van der Waals surface area contributed by atoms with E-state index in [1.807, 2.05) is 20.8 Å². The highest BCUT2D eigenvalue weighted by molar-refractivity contribution is 7.23. The number of halogens is 1. The number of aromatic nitrogens is 1. The molecular weight excluding hydrogens is 514 g/mol. The Hall–Kier alpha value is -2.75. The molecule has 0 saturated heterocycles. The van der Waals surface area contributed by atoms with Crippen molar-refractivity contribution in [3.05, 3.63) is 34.9 Å². The van der Waals surface area contributed by atoms with Gasteiger partial charge in [-0.2, -0.15) is 0 Å². The van der Waals surface area contributed by atoms with Crippen molar-refractivity contribution >= 4 is 44.2 Å². The maximum atomic E-state index is 14.1. The monoisotopic (exact) mass is 549 g/mol. The zero-order chi connectivity index (χ0) is 26.9. The summed E-state index contributed by atoms with van der Waals surface area (Å²) in [5, 5.41) is 1.11. The van der Waals surface area contributed by atoms with Crippen LogP contribution in [0.1, 0.15) is 45.0 Å². The number of hydrogen-bond donors (Lipinski definition) is 0. The SMILES string of the molecule is CCOc1cc(C(=O)N(CCN(CC)CC)c2nc3c(OC)ccc(Cl)c3s2)cc(OCC)c1OCC. The molecule has 0 aliphatic rings. The minimum Gasteiger partial charge on any atom is -0.494 e. The van der Waals surface area contributed by atoms with Gasteiger partial charge in [-0.25, -0.2) is 4.98 Å². The van der Waals surface area contributed by atoms with E-state index in [1.165, 1.54) is 11.3 Å². The first-order chi connectivity index (χ1) is 17.9. The summed E-state index contributed by atoms with van der Waals surface area (Å²) >= 11 is 7.86. The van der Waals surface area contributed by atoms with E-state index in [1.54, 1.807) is 36.3 Å². The van der Waals surface area contributed by atoms with Gasteiger partial charge in [-0.15, -0.1) is 0 Å². The third-order valence-electron chi connectivity index (χ3n) is 5.83. The first kappa shape index (κ1) is 28.8. The Bertz CT molecular complexity index is 1170. The van der Waals surface area contributed by atoms with Gasteiger partial charge in [0.15, 0.2) is 16.6 Å². The Labute approximate surface area is 228 Å². The second-order valence-electron chi connectivity index (χ2n) is 8.01. The molecule has 37 heavy (non-hydrogen) atoms. The summed E-state index contributed by atoms with van der Waals surface area (Å²) in [6.45, 7) is 14.1. The van der Waals surface area contributed by atoms with Crippen molar-refractivity contribution in [3.8, 4) is 23.0 Å². The largest absolute Gasteiger partial charge is 0.494 e. The minimum absolute atomic E-state index is 0.216. The van der Waals surface area contributed by atoms with Gasteiger partial charge in [0.2, 0.25) is 5.75 Å². The number of rotatable bonds is 14. The van der Waals surface area contributed by atoms with E-state index in [0.717, 1.165) is 17.8 Å². The van der Waals surface area contributed by atoms with Crippen LogP contribution in [0.5, 0.6) is 23.0 Å². The Morgan fingerprint density at radius 2 is 1.54 bits per heavy atom. The molecule has 3 aromatic rings. The van der Waals surface area contributed by atoms with E-state index in [2.05, 4.69) is 18.7 Å². The quantitative estimate of drug-likeness (QED) is 0.239. The van der Waals surface area contributed by atoms with Crippen molar-refractivity contribution in [2.75, 3.05) is 58.0 Å². The number of benzene rings is 2. The van der Waals surface area contributed by atoms with E-state index < -0.39 is 0 Å². The second kappa shape index (κ2) is 13.7. The van der Waals surface area contributed by atoms with Crippen LogP contribution in [0, 0.1) is 0 Å². The van der Waals surface area contributed by atoms with Crippen molar-refractivity contribution < 1.29 is 23.7 Å². The van der Waals surface area contributed by atoms with E-state index in [-0.39, 0.29) is 5.91 Å². The number of hydrogen-bond acceptors (Lipinski definition) is 8. The molecule has 0 aliphatic heterocycles. The average Bonchev–Trinajstić information content (AvgIpc) is 3.35. The van der Waals surface area contributed by atoms with E-state index >= 15 is 0 Å². The highest BCUT2D eigenvalue weighted by atomic mass is 35.5. The lowest BCUT2D eigenvalue weighted by Gasteiger charge is -2.25. The van der Waals surface area contributed by atoms with Crippen LogP contribution in [0.15, 0.2) is 24.3 Å². The Kier molecular flexibility index (Phi) is 10.7. The summed E-state index contributed by atoms with van der Waals surface area (Å²) in [7, 11) is 1.59. The predicted molar refractivity (Wildman–Crippen MR) is 151 cm³/mol. The molecule has 0 aliphatic carbocycles. The molecule has 0 unspecified atom stereocenters. The molecule has 0 fully saturated rings. The van der Waals surface area contributed by atoms with Gasteiger partial charge >= 0.3 is 0 Å². The molecule has 0 radical (unpaired) electrons. The standard InChI is InChI=1S/C27H36ClN3O5S/c1-7-30(8-2)14-15-31(27-29-23-20(33-6)13-12-19(28)25(23)37-27)26(32)18-16-21(34-9-3)24(36-11-5)22(17-18)35-10-4/h12-13,16-17H,7-11,14-15H2,1-6H3. The predicted octanol–water partition coefficient (Wildman–Crippen LogP) is 6.14. The number of ether oxygens (including phenoxy) is 4. The summed E-state index contributed by atoms with van der Waals surface area (Å²) in [6.07, 6.45) is 0. The van der Waals surface area contributed by atoms with Crippen molar-refractivity contribution in [1.82, 2.24) is 9.88 Å². The highest BCUT2D eigenvalue weighted by Gasteiger charge is 2.26. The Morgan fingerprint density at radius 3 is 2.08 bits per heavy atom. The summed E-state index contributed by atoms with van der Waals surface area (Å²) < 4.78 is 23.8. The van der Waals surface area contributed by atoms with Crippen LogP contribution in [-0.4, -0.2) is 68.9 Å². The topological polar surface area (TPSA) is 73.4 Å². The number of likely N-dealkylation sites (N-methyl/N-ethyl adjacent to an activating group) is 1. The van der Waals surface area contributed by atoms with Gasteiger partial charge in [0.25, 0.3) is 5.91 Å². The molecule has 10 heteroatoms. The fourth-order valence-corrected chi connectivity index (χ4v) is 5.24. The van der Waals surface area contributed by atoms with Gasteiger partial charge in [0.05, 0.1) is 36.7 Å². The number of anilines is 1. The molecule has 3 rings (SSSR count). The fraction of sp³-hybridized carbons (Fsp3) is 0.481. The van der Waals surface area contributed by atoms with Gasteiger partial charge in [-0.3, -0.25) is 9.69 Å². The van der Waals surface area contributed by atoms with Crippen LogP contribution >= 0.6 is 22.9 Å². The lowest BCUT2D eigenvalue weighted by atomic mass is 10.1. The number of carbonyl (C=O) groups excluding carboxylic acids is 1. The van der Waals surface area contributed by atoms with Crippen molar-refractivity contribution in [2.45, 2.75) is 34.6 Å². The van der Waals surface area contributed by atoms with Crippen molar-refractivity contribution in [1.29, 1.82) is 0 Å². The van der Waals surface area contributed by atoms with Crippen molar-refractivity contribution in [3.63, 3.8) is 0 Å². The first-order valence-corrected chi connectivity index (χ1v) is 13.8. The van der Waals surface area contributed by atoms with Crippen LogP contribution in [0.3, 0.4) is 0 Å². The normalized spacial score (nSPS) is 11.1. The van der Waals surface area contributed by atoms with Gasteiger partial charge in [-0.1, -0.05) is 36.8 Å². The molecule has 2 aromatic carbocycles. The van der Waals surface area contributed by atoms with E-state index in [0.29, 0.717) is 77.1 Å². The number of amides is 1. The minimum atomic E-state index is -0.216. The van der Waals surface area contributed by atoms with E-state index in [4.69, 9.17) is 35.5 Å². The van der Waals surface area contributed by atoms with E-state index in [9.17, 15) is 4.79 Å². The molecule has 0 atom stereocenters. The molecule has 8 nitrogen and oxygen atoms in total. The van der Waals surface area contributed by atoms with Gasteiger partial charge in [0.1, 0.15) is 11.3 Å². The van der Waals surface area contributed by atoms with Gasteiger partial charge in [-0.05, 0) is 58.1 Å². The maximum absolute atomic E-state index is 14.1. The van der Waals surface area contributed by atoms with Crippen LogP contribution < -0.4 is 23.8 Å². The van der Waals surface area contributed by atoms with Crippen LogP contribution in [-0.2, 0) is 0 Å². The number of nitrogens with zero attached hydrogens (tertiary/aromatic N) is 3. The zero-order valence-electron chi connectivity index (χ0n) is 22.4. The molecule has 1 amide bonds. The van der Waals surface area contributed by atoms with Crippen LogP contribution in [0.4, 0.5) is 5.13 Å². The van der Waals surface area contributed by atoms with Crippen LogP contribution in [0.25, 0.3) is 10.2 Å². The number of thiazole rings is 1. The first-order valence-electron chi connectivity index (χ1n) is 12.7. The summed E-state index contributed by atoms with van der Waals surface area (Å²) in [4.78, 5) is 22.8. The molecule has 0 N–H and O–H groups in total. The van der Waals surface area contributed by atoms with Crippen LogP contribution in [0.2, 0.25) is 5.02 Å². The summed E-state index contributed by atoms with van der Waals surface area (Å²) in [5.74, 6) is 1.82. The zero-order valence-corrected chi connectivity index (χ0v) is 24.0. The molecule has 0 saturated carbocycles.